The topological polar surface area (TPSA) is 97.2 Å². The first-order chi connectivity index (χ1) is 9.70. The summed E-state index contributed by atoms with van der Waals surface area (Å²) < 4.78 is 0.782. The minimum atomic E-state index is 0.155. The monoisotopic (exact) mass is 331 g/mol. The van der Waals surface area contributed by atoms with Gasteiger partial charge in [0.15, 0.2) is 5.84 Å². The van der Waals surface area contributed by atoms with Crippen LogP contribution < -0.4 is 5.73 Å². The summed E-state index contributed by atoms with van der Waals surface area (Å²) in [6.45, 7) is 0.229. The second-order valence-corrected chi connectivity index (χ2v) is 4.61. The number of oxime groups is 1. The van der Waals surface area contributed by atoms with E-state index in [0.717, 1.165) is 10.0 Å². The van der Waals surface area contributed by atoms with Gasteiger partial charge in [0.05, 0.1) is 17.8 Å². The number of nitrogens with two attached hydrogens (primary N) is 1. The Morgan fingerprint density at radius 3 is 2.95 bits per heavy atom. The summed E-state index contributed by atoms with van der Waals surface area (Å²) in [4.78, 5) is 13.1. The molecular formula is C13H10BrN5O. The molecule has 2 N–H and O–H groups in total. The van der Waals surface area contributed by atoms with Gasteiger partial charge in [-0.2, -0.15) is 5.26 Å². The summed E-state index contributed by atoms with van der Waals surface area (Å²) in [5.41, 5.74) is 7.59. The first kappa shape index (κ1) is 14.0. The lowest BCUT2D eigenvalue weighted by Gasteiger charge is -2.04. The smallest absolute Gasteiger partial charge is 0.190 e. The van der Waals surface area contributed by atoms with E-state index >= 15 is 0 Å². The lowest BCUT2D eigenvalue weighted by atomic mass is 10.2. The maximum Gasteiger partial charge on any atom is 0.190 e. The van der Waals surface area contributed by atoms with Gasteiger partial charge in [0.2, 0.25) is 0 Å². The van der Waals surface area contributed by atoms with Gasteiger partial charge in [0.25, 0.3) is 0 Å². The van der Waals surface area contributed by atoms with Gasteiger partial charge in [-0.05, 0) is 12.1 Å². The van der Waals surface area contributed by atoms with Crippen LogP contribution in [-0.2, 0) is 11.4 Å². The molecule has 1 heterocycles. The second-order valence-electron chi connectivity index (χ2n) is 3.76. The molecule has 0 aliphatic carbocycles. The van der Waals surface area contributed by atoms with Crippen LogP contribution in [-0.4, -0.2) is 15.8 Å². The molecule has 1 aromatic carbocycles. The summed E-state index contributed by atoms with van der Waals surface area (Å²) in [5, 5.41) is 12.6. The highest BCUT2D eigenvalue weighted by atomic mass is 79.9. The molecule has 0 saturated heterocycles. The Balaban J connectivity index is 2.01. The fraction of sp³-hybridized carbons (Fsp3) is 0.0769. The van der Waals surface area contributed by atoms with Crippen LogP contribution >= 0.6 is 15.9 Å². The number of aromatic nitrogens is 2. The first-order valence-electron chi connectivity index (χ1n) is 5.61. The van der Waals surface area contributed by atoms with Gasteiger partial charge in [-0.15, -0.1) is 0 Å². The third-order valence-corrected chi connectivity index (χ3v) is 3.13. The average molecular weight is 332 g/mol. The Kier molecular flexibility index (Phi) is 4.63. The maximum absolute atomic E-state index is 8.77. The molecule has 20 heavy (non-hydrogen) atoms. The minimum Gasteiger partial charge on any atom is -0.389 e. The zero-order chi connectivity index (χ0) is 14.4. The van der Waals surface area contributed by atoms with Crippen molar-refractivity contribution < 1.29 is 4.84 Å². The maximum atomic E-state index is 8.77. The molecule has 0 spiro atoms. The van der Waals surface area contributed by atoms with Gasteiger partial charge >= 0.3 is 0 Å². The second kappa shape index (κ2) is 6.63. The summed E-state index contributed by atoms with van der Waals surface area (Å²) in [6.07, 6.45) is 4.57. The Labute approximate surface area is 124 Å². The molecule has 0 aliphatic heterocycles. The highest BCUT2D eigenvalue weighted by Gasteiger charge is 2.03. The van der Waals surface area contributed by atoms with E-state index in [1.807, 2.05) is 0 Å². The van der Waals surface area contributed by atoms with Crippen molar-refractivity contribution in [3.8, 4) is 6.07 Å². The van der Waals surface area contributed by atoms with Gasteiger partial charge in [0, 0.05) is 22.4 Å². The van der Waals surface area contributed by atoms with E-state index in [1.165, 1.54) is 12.4 Å². The number of amidine groups is 1. The molecule has 7 heteroatoms. The van der Waals surface area contributed by atoms with E-state index in [-0.39, 0.29) is 12.4 Å². The van der Waals surface area contributed by atoms with Crippen LogP contribution in [0.4, 0.5) is 0 Å². The molecule has 0 atom stereocenters. The molecule has 0 radical (unpaired) electrons. The Bertz CT molecular complexity index is 666. The third kappa shape index (κ3) is 3.52. The van der Waals surface area contributed by atoms with Gasteiger partial charge in [-0.1, -0.05) is 27.2 Å². The van der Waals surface area contributed by atoms with Gasteiger partial charge in [-0.3, -0.25) is 4.98 Å². The van der Waals surface area contributed by atoms with E-state index < -0.39 is 0 Å². The van der Waals surface area contributed by atoms with Crippen molar-refractivity contribution in [1.29, 1.82) is 5.26 Å². The number of rotatable bonds is 4. The summed E-state index contributed by atoms with van der Waals surface area (Å²) >= 11 is 3.37. The van der Waals surface area contributed by atoms with Crippen LogP contribution in [0.3, 0.4) is 0 Å². The number of halogens is 1. The molecule has 0 bridgehead atoms. The standard InChI is InChI=1S/C13H10BrN5O/c14-11-5-9(6-15)1-2-10(11)8-20-19-13(16)12-7-17-3-4-18-12/h1-5,7H,8H2,(H2,16,19). The molecule has 0 aliphatic rings. The molecule has 0 amide bonds. The van der Waals surface area contributed by atoms with E-state index in [0.29, 0.717) is 11.3 Å². The lowest BCUT2D eigenvalue weighted by molar-refractivity contribution is 0.130. The molecule has 100 valence electrons. The van der Waals surface area contributed by atoms with Crippen LogP contribution in [0.5, 0.6) is 0 Å². The van der Waals surface area contributed by atoms with Crippen LogP contribution in [0.15, 0.2) is 46.4 Å². The van der Waals surface area contributed by atoms with Gasteiger partial charge in [0.1, 0.15) is 12.3 Å². The summed E-state index contributed by atoms with van der Waals surface area (Å²) in [6, 6.07) is 7.27. The van der Waals surface area contributed by atoms with E-state index in [2.05, 4.69) is 37.1 Å². The SMILES string of the molecule is N#Cc1ccc(CO/N=C(\N)c2cnccn2)c(Br)c1. The fourth-order valence-corrected chi connectivity index (χ4v) is 1.88. The first-order valence-corrected chi connectivity index (χ1v) is 6.40. The Morgan fingerprint density at radius 2 is 2.30 bits per heavy atom. The quantitative estimate of drug-likeness (QED) is 0.524. The number of benzene rings is 1. The van der Waals surface area contributed by atoms with Crippen molar-refractivity contribution in [3.05, 3.63) is 58.1 Å². The summed E-state index contributed by atoms with van der Waals surface area (Å²) in [5.74, 6) is 0.155. The molecule has 1 aromatic heterocycles. The number of nitrogens with zero attached hydrogens (tertiary/aromatic N) is 4. The van der Waals surface area contributed by atoms with Crippen molar-refractivity contribution in [3.63, 3.8) is 0 Å². The van der Waals surface area contributed by atoms with Crippen LogP contribution in [0.1, 0.15) is 16.8 Å². The molecule has 6 nitrogen and oxygen atoms in total. The number of hydrogen-bond donors (Lipinski definition) is 1. The normalized spacial score (nSPS) is 10.9. The van der Waals surface area contributed by atoms with E-state index in [4.69, 9.17) is 15.8 Å². The Hall–Kier alpha value is -2.46. The highest BCUT2D eigenvalue weighted by Crippen LogP contribution is 2.19. The van der Waals surface area contributed by atoms with Crippen molar-refractivity contribution >= 4 is 21.8 Å². The third-order valence-electron chi connectivity index (χ3n) is 2.39. The lowest BCUT2D eigenvalue weighted by Crippen LogP contribution is -2.15. The molecule has 2 rings (SSSR count). The summed E-state index contributed by atoms with van der Waals surface area (Å²) in [7, 11) is 0. The van der Waals surface area contributed by atoms with Crippen molar-refractivity contribution in [2.75, 3.05) is 0 Å². The van der Waals surface area contributed by atoms with E-state index in [1.54, 1.807) is 24.4 Å². The molecule has 0 saturated carbocycles. The zero-order valence-corrected chi connectivity index (χ0v) is 11.9. The Morgan fingerprint density at radius 1 is 1.45 bits per heavy atom. The number of hydrogen-bond acceptors (Lipinski definition) is 5. The molecule has 2 aromatic rings. The molecule has 0 unspecified atom stereocenters. The van der Waals surface area contributed by atoms with Crippen molar-refractivity contribution in [1.82, 2.24) is 9.97 Å². The number of nitriles is 1. The average Bonchev–Trinajstić information content (AvgIpc) is 2.49. The van der Waals surface area contributed by atoms with Crippen LogP contribution in [0.25, 0.3) is 0 Å². The van der Waals surface area contributed by atoms with Gasteiger partial charge < -0.3 is 10.6 Å². The fourth-order valence-electron chi connectivity index (χ4n) is 1.38. The largest absolute Gasteiger partial charge is 0.389 e. The molecule has 0 fully saturated rings. The predicted molar refractivity (Wildman–Crippen MR) is 76.4 cm³/mol. The minimum absolute atomic E-state index is 0.155. The molecular weight excluding hydrogens is 322 g/mol. The zero-order valence-electron chi connectivity index (χ0n) is 10.3. The van der Waals surface area contributed by atoms with Crippen LogP contribution in [0, 0.1) is 11.3 Å². The van der Waals surface area contributed by atoms with E-state index in [9.17, 15) is 0 Å². The van der Waals surface area contributed by atoms with Gasteiger partial charge in [-0.25, -0.2) is 4.98 Å². The van der Waals surface area contributed by atoms with Crippen LogP contribution in [0.2, 0.25) is 0 Å². The predicted octanol–water partition coefficient (Wildman–Crippen LogP) is 1.95. The highest BCUT2D eigenvalue weighted by molar-refractivity contribution is 9.10. The van der Waals surface area contributed by atoms with Crippen molar-refractivity contribution in [2.45, 2.75) is 6.61 Å². The van der Waals surface area contributed by atoms with Crippen molar-refractivity contribution in [2.24, 2.45) is 10.9 Å².